The molecule has 0 atom stereocenters. The monoisotopic (exact) mass is 364 g/mol. The van der Waals surface area contributed by atoms with Gasteiger partial charge in [0.2, 0.25) is 5.91 Å². The summed E-state index contributed by atoms with van der Waals surface area (Å²) in [5, 5.41) is 6.23. The standard InChI is InChI=1S/C21H17ClN2O2/c22-17-8-6-16(7-9-17)21(26)24-19-12-10-18(11-13-19)23-20(25)14-15-4-2-1-3-5-15/h1-13H,14H2,(H,23,25)(H,24,26). The van der Waals surface area contributed by atoms with Crippen molar-refractivity contribution in [3.8, 4) is 0 Å². The predicted molar refractivity (Wildman–Crippen MR) is 105 cm³/mol. The minimum Gasteiger partial charge on any atom is -0.326 e. The molecule has 2 N–H and O–H groups in total. The zero-order valence-electron chi connectivity index (χ0n) is 13.9. The Labute approximate surface area is 156 Å². The average molecular weight is 365 g/mol. The van der Waals surface area contributed by atoms with Crippen molar-refractivity contribution in [3.63, 3.8) is 0 Å². The summed E-state index contributed by atoms with van der Waals surface area (Å²) in [5.74, 6) is -0.309. The van der Waals surface area contributed by atoms with Crippen LogP contribution in [0.3, 0.4) is 0 Å². The van der Waals surface area contributed by atoms with Crippen molar-refractivity contribution in [2.24, 2.45) is 0 Å². The third-order valence-corrected chi connectivity index (χ3v) is 3.99. The molecule has 3 aromatic carbocycles. The van der Waals surface area contributed by atoms with Crippen molar-refractivity contribution in [3.05, 3.63) is 95.0 Å². The Bertz CT molecular complexity index is 892. The third-order valence-electron chi connectivity index (χ3n) is 3.74. The maximum absolute atomic E-state index is 12.2. The zero-order chi connectivity index (χ0) is 18.4. The summed E-state index contributed by atoms with van der Waals surface area (Å²) >= 11 is 5.82. The van der Waals surface area contributed by atoms with Crippen LogP contribution in [0.5, 0.6) is 0 Å². The van der Waals surface area contributed by atoms with Gasteiger partial charge in [-0.2, -0.15) is 0 Å². The number of amides is 2. The SMILES string of the molecule is O=C(Cc1ccccc1)Nc1ccc(NC(=O)c2ccc(Cl)cc2)cc1. The number of carbonyl (C=O) groups excluding carboxylic acids is 2. The van der Waals surface area contributed by atoms with Crippen molar-refractivity contribution in [1.82, 2.24) is 0 Å². The summed E-state index contributed by atoms with van der Waals surface area (Å²) in [5.41, 5.74) is 2.80. The molecule has 0 fully saturated rings. The molecule has 0 heterocycles. The second-order valence-electron chi connectivity index (χ2n) is 5.75. The normalized spacial score (nSPS) is 10.2. The van der Waals surface area contributed by atoms with Gasteiger partial charge in [-0.05, 0) is 54.1 Å². The van der Waals surface area contributed by atoms with E-state index in [1.807, 2.05) is 30.3 Å². The van der Waals surface area contributed by atoms with Crippen molar-refractivity contribution >= 4 is 34.8 Å². The summed E-state index contributed by atoms with van der Waals surface area (Å²) in [6.45, 7) is 0. The van der Waals surface area contributed by atoms with Crippen LogP contribution in [0.1, 0.15) is 15.9 Å². The van der Waals surface area contributed by atoms with E-state index in [1.54, 1.807) is 48.5 Å². The number of anilines is 2. The molecule has 3 aromatic rings. The molecular formula is C21H17ClN2O2. The molecule has 0 saturated heterocycles. The van der Waals surface area contributed by atoms with Gasteiger partial charge >= 0.3 is 0 Å². The number of benzene rings is 3. The lowest BCUT2D eigenvalue weighted by molar-refractivity contribution is -0.115. The highest BCUT2D eigenvalue weighted by molar-refractivity contribution is 6.30. The maximum atomic E-state index is 12.2. The molecule has 4 nitrogen and oxygen atoms in total. The average Bonchev–Trinajstić information content (AvgIpc) is 2.64. The smallest absolute Gasteiger partial charge is 0.255 e. The van der Waals surface area contributed by atoms with Crippen LogP contribution in [0.25, 0.3) is 0 Å². The van der Waals surface area contributed by atoms with Crippen LogP contribution in [0, 0.1) is 0 Å². The first-order valence-electron chi connectivity index (χ1n) is 8.11. The van der Waals surface area contributed by atoms with Crippen LogP contribution in [-0.4, -0.2) is 11.8 Å². The summed E-state index contributed by atoms with van der Waals surface area (Å²) in [6, 6.07) is 23.2. The molecule has 2 amide bonds. The first-order valence-corrected chi connectivity index (χ1v) is 8.49. The van der Waals surface area contributed by atoms with E-state index >= 15 is 0 Å². The van der Waals surface area contributed by atoms with Crippen molar-refractivity contribution in [1.29, 1.82) is 0 Å². The maximum Gasteiger partial charge on any atom is 0.255 e. The van der Waals surface area contributed by atoms with Gasteiger partial charge < -0.3 is 10.6 Å². The zero-order valence-corrected chi connectivity index (χ0v) is 14.7. The van der Waals surface area contributed by atoms with Crippen LogP contribution >= 0.6 is 11.6 Å². The van der Waals surface area contributed by atoms with E-state index in [-0.39, 0.29) is 11.8 Å². The molecule has 3 rings (SSSR count). The van der Waals surface area contributed by atoms with Crippen LogP contribution in [0.4, 0.5) is 11.4 Å². The van der Waals surface area contributed by atoms with Gasteiger partial charge in [0.25, 0.3) is 5.91 Å². The number of hydrogen-bond acceptors (Lipinski definition) is 2. The number of carbonyl (C=O) groups is 2. The van der Waals surface area contributed by atoms with Gasteiger partial charge in [-0.1, -0.05) is 41.9 Å². The Morgan fingerprint density at radius 2 is 1.31 bits per heavy atom. The lowest BCUT2D eigenvalue weighted by Gasteiger charge is -2.08. The van der Waals surface area contributed by atoms with E-state index in [0.717, 1.165) is 5.56 Å². The van der Waals surface area contributed by atoms with E-state index < -0.39 is 0 Å². The minimum absolute atomic E-state index is 0.0888. The molecule has 130 valence electrons. The molecule has 0 saturated carbocycles. The van der Waals surface area contributed by atoms with Gasteiger partial charge in [0.15, 0.2) is 0 Å². The summed E-state index contributed by atoms with van der Waals surface area (Å²) in [7, 11) is 0. The lowest BCUT2D eigenvalue weighted by Crippen LogP contribution is -2.14. The topological polar surface area (TPSA) is 58.2 Å². The molecule has 0 spiro atoms. The molecule has 0 unspecified atom stereocenters. The van der Waals surface area contributed by atoms with Crippen LogP contribution in [0.2, 0.25) is 5.02 Å². The highest BCUT2D eigenvalue weighted by Gasteiger charge is 2.07. The Kier molecular flexibility index (Phi) is 5.66. The summed E-state index contributed by atoms with van der Waals surface area (Å²) in [4.78, 5) is 24.2. The summed E-state index contributed by atoms with van der Waals surface area (Å²) in [6.07, 6.45) is 0.315. The van der Waals surface area contributed by atoms with E-state index in [9.17, 15) is 9.59 Å². The Morgan fingerprint density at radius 1 is 0.731 bits per heavy atom. The Hall–Kier alpha value is -3.11. The van der Waals surface area contributed by atoms with Crippen LogP contribution < -0.4 is 10.6 Å². The second kappa shape index (κ2) is 8.32. The molecule has 0 aliphatic rings. The fourth-order valence-corrected chi connectivity index (χ4v) is 2.55. The van der Waals surface area contributed by atoms with Crippen molar-refractivity contribution < 1.29 is 9.59 Å². The van der Waals surface area contributed by atoms with Gasteiger partial charge in [0.05, 0.1) is 6.42 Å². The van der Waals surface area contributed by atoms with Crippen LogP contribution in [0.15, 0.2) is 78.9 Å². The number of halogens is 1. The van der Waals surface area contributed by atoms with Gasteiger partial charge in [-0.25, -0.2) is 0 Å². The Morgan fingerprint density at radius 3 is 1.92 bits per heavy atom. The van der Waals surface area contributed by atoms with Crippen LogP contribution in [-0.2, 0) is 11.2 Å². The summed E-state index contributed by atoms with van der Waals surface area (Å²) < 4.78 is 0. The second-order valence-corrected chi connectivity index (χ2v) is 6.19. The first kappa shape index (κ1) is 17.7. The molecule has 0 aromatic heterocycles. The molecule has 26 heavy (non-hydrogen) atoms. The number of rotatable bonds is 5. The fraction of sp³-hybridized carbons (Fsp3) is 0.0476. The van der Waals surface area contributed by atoms with Gasteiger partial charge in [-0.3, -0.25) is 9.59 Å². The minimum atomic E-state index is -0.220. The predicted octanol–water partition coefficient (Wildman–Crippen LogP) is 4.77. The van der Waals surface area contributed by atoms with E-state index in [1.165, 1.54) is 0 Å². The third kappa shape index (κ3) is 4.94. The van der Waals surface area contributed by atoms with Crippen molar-refractivity contribution in [2.45, 2.75) is 6.42 Å². The fourth-order valence-electron chi connectivity index (χ4n) is 2.43. The van der Waals surface area contributed by atoms with E-state index in [0.29, 0.717) is 28.4 Å². The van der Waals surface area contributed by atoms with E-state index in [4.69, 9.17) is 11.6 Å². The first-order chi connectivity index (χ1) is 12.6. The highest BCUT2D eigenvalue weighted by Crippen LogP contribution is 2.16. The molecule has 0 aliphatic carbocycles. The Balaban J connectivity index is 1.57. The molecule has 0 bridgehead atoms. The quantitative estimate of drug-likeness (QED) is 0.684. The molecule has 0 radical (unpaired) electrons. The molecule has 0 aliphatic heterocycles. The number of hydrogen-bond donors (Lipinski definition) is 2. The molecule has 5 heteroatoms. The van der Waals surface area contributed by atoms with Gasteiger partial charge in [-0.15, -0.1) is 0 Å². The lowest BCUT2D eigenvalue weighted by atomic mass is 10.1. The van der Waals surface area contributed by atoms with E-state index in [2.05, 4.69) is 10.6 Å². The van der Waals surface area contributed by atoms with Crippen molar-refractivity contribution in [2.75, 3.05) is 10.6 Å². The molecular weight excluding hydrogens is 348 g/mol. The number of nitrogens with one attached hydrogen (secondary N) is 2. The largest absolute Gasteiger partial charge is 0.326 e. The van der Waals surface area contributed by atoms with Gasteiger partial charge in [0.1, 0.15) is 0 Å². The highest BCUT2D eigenvalue weighted by atomic mass is 35.5. The van der Waals surface area contributed by atoms with Gasteiger partial charge in [0, 0.05) is 22.0 Å².